The summed E-state index contributed by atoms with van der Waals surface area (Å²) in [5.41, 5.74) is 0. The lowest BCUT2D eigenvalue weighted by Crippen LogP contribution is -2.21. The Bertz CT molecular complexity index is 247. The van der Waals surface area contributed by atoms with Gasteiger partial charge in [0.15, 0.2) is 0 Å². The molecule has 0 fully saturated rings. The van der Waals surface area contributed by atoms with Crippen LogP contribution in [0.25, 0.3) is 0 Å². The second-order valence-electron chi connectivity index (χ2n) is 5.70. The van der Waals surface area contributed by atoms with Gasteiger partial charge >= 0.3 is 5.97 Å². The highest BCUT2D eigenvalue weighted by Gasteiger charge is 1.95. The molecule has 0 amide bonds. The Morgan fingerprint density at radius 2 is 1.36 bits per heavy atom. The molecule has 22 heavy (non-hydrogen) atoms. The van der Waals surface area contributed by atoms with Crippen LogP contribution in [0, 0.1) is 0 Å². The lowest BCUT2D eigenvalue weighted by Gasteiger charge is -2.05. The highest BCUT2D eigenvalue weighted by atomic mass is 79.9. The van der Waals surface area contributed by atoms with E-state index in [0.29, 0.717) is 6.73 Å². The zero-order chi connectivity index (χ0) is 15.6. The molecule has 0 saturated heterocycles. The number of carbonyl (C=O) groups excluding carboxylic acids is 1. The first kappa shape index (κ1) is 23.9. The number of nitrogens with one attached hydrogen (secondary N) is 1. The van der Waals surface area contributed by atoms with Gasteiger partial charge in [0.2, 0.25) is 0 Å². The lowest BCUT2D eigenvalue weighted by atomic mass is 10.1. The summed E-state index contributed by atoms with van der Waals surface area (Å²) >= 11 is 0. The second kappa shape index (κ2) is 20.6. The minimum atomic E-state index is -0.364. The van der Waals surface area contributed by atoms with Gasteiger partial charge in [0.25, 0.3) is 0 Å². The Morgan fingerprint density at radius 1 is 0.909 bits per heavy atom. The first-order valence-electron chi connectivity index (χ1n) is 8.81. The quantitative estimate of drug-likeness (QED) is 0.166. The van der Waals surface area contributed by atoms with E-state index < -0.39 is 0 Å². The van der Waals surface area contributed by atoms with Crippen molar-refractivity contribution in [2.75, 3.05) is 13.3 Å². The second-order valence-corrected chi connectivity index (χ2v) is 5.70. The van der Waals surface area contributed by atoms with E-state index in [-0.39, 0.29) is 23.0 Å². The number of hydrogen-bond donors (Lipinski definition) is 1. The van der Waals surface area contributed by atoms with Gasteiger partial charge in [0.1, 0.15) is 6.73 Å². The molecular formula is C18H36BrNO2. The number of hydrogen-bond acceptors (Lipinski definition) is 3. The number of unbranched alkanes of at least 4 members (excludes halogenated alkanes) is 11. The van der Waals surface area contributed by atoms with E-state index in [9.17, 15) is 4.79 Å². The van der Waals surface area contributed by atoms with Crippen molar-refractivity contribution in [2.45, 2.75) is 84.0 Å². The Kier molecular flexibility index (Phi) is 22.4. The average molecular weight is 378 g/mol. The van der Waals surface area contributed by atoms with E-state index in [4.69, 9.17) is 4.74 Å². The fraction of sp³-hybridized carbons (Fsp3) is 0.833. The van der Waals surface area contributed by atoms with Crippen LogP contribution in [-0.4, -0.2) is 19.2 Å². The Morgan fingerprint density at radius 3 is 1.82 bits per heavy atom. The average Bonchev–Trinajstić information content (AvgIpc) is 2.50. The van der Waals surface area contributed by atoms with E-state index in [0.717, 1.165) is 13.0 Å². The molecule has 1 N–H and O–H groups in total. The van der Waals surface area contributed by atoms with Gasteiger partial charge in [-0.05, 0) is 13.0 Å². The molecule has 0 spiro atoms. The summed E-state index contributed by atoms with van der Waals surface area (Å²) in [4.78, 5) is 10.8. The number of halogens is 1. The summed E-state index contributed by atoms with van der Waals surface area (Å²) in [6.45, 7) is 6.83. The van der Waals surface area contributed by atoms with Crippen LogP contribution in [0.15, 0.2) is 12.7 Å². The van der Waals surface area contributed by atoms with Gasteiger partial charge in [-0.15, -0.1) is 17.0 Å². The maximum atomic E-state index is 10.8. The van der Waals surface area contributed by atoms with Gasteiger partial charge in [-0.2, -0.15) is 0 Å². The van der Waals surface area contributed by atoms with Crippen molar-refractivity contribution in [1.29, 1.82) is 0 Å². The Hall–Kier alpha value is -0.350. The molecule has 0 atom stereocenters. The molecule has 0 aromatic rings. The largest absolute Gasteiger partial charge is 0.447 e. The molecule has 0 unspecified atom stereocenters. The molecule has 3 nitrogen and oxygen atoms in total. The summed E-state index contributed by atoms with van der Waals surface area (Å²) in [5.74, 6) is -0.364. The van der Waals surface area contributed by atoms with Gasteiger partial charge in [0, 0.05) is 6.08 Å². The van der Waals surface area contributed by atoms with Gasteiger partial charge in [0.05, 0.1) is 0 Å². The van der Waals surface area contributed by atoms with Gasteiger partial charge < -0.3 is 4.74 Å². The van der Waals surface area contributed by atoms with Crippen LogP contribution in [0.3, 0.4) is 0 Å². The van der Waals surface area contributed by atoms with E-state index in [1.807, 2.05) is 0 Å². The number of esters is 1. The van der Waals surface area contributed by atoms with Crippen molar-refractivity contribution in [3.05, 3.63) is 12.7 Å². The van der Waals surface area contributed by atoms with Crippen LogP contribution in [0.5, 0.6) is 0 Å². The SMILES string of the molecule is Br.C=CC(=O)OCNCCCCCCCCCCCCCC. The molecule has 0 aromatic heterocycles. The molecule has 132 valence electrons. The van der Waals surface area contributed by atoms with E-state index >= 15 is 0 Å². The van der Waals surface area contributed by atoms with Crippen LogP contribution in [-0.2, 0) is 9.53 Å². The molecule has 0 aromatic carbocycles. The third-order valence-corrected chi connectivity index (χ3v) is 3.69. The third kappa shape index (κ3) is 19.7. The predicted octanol–water partition coefficient (Wildman–Crippen LogP) is 5.54. The topological polar surface area (TPSA) is 38.3 Å². The van der Waals surface area contributed by atoms with Crippen LogP contribution in [0.4, 0.5) is 0 Å². The maximum absolute atomic E-state index is 10.8. The molecule has 0 saturated carbocycles. The fourth-order valence-electron chi connectivity index (χ4n) is 2.34. The smallest absolute Gasteiger partial charge is 0.331 e. The molecule has 0 radical (unpaired) electrons. The van der Waals surface area contributed by atoms with Crippen molar-refractivity contribution in [3.8, 4) is 0 Å². The molecule has 0 aliphatic rings. The van der Waals surface area contributed by atoms with Crippen LogP contribution >= 0.6 is 17.0 Å². The fourth-order valence-corrected chi connectivity index (χ4v) is 2.34. The summed E-state index contributed by atoms with van der Waals surface area (Å²) in [5, 5.41) is 3.10. The first-order valence-corrected chi connectivity index (χ1v) is 8.81. The summed E-state index contributed by atoms with van der Waals surface area (Å²) in [6, 6.07) is 0. The van der Waals surface area contributed by atoms with Crippen LogP contribution in [0.1, 0.15) is 84.0 Å². The first-order chi connectivity index (χ1) is 10.3. The van der Waals surface area contributed by atoms with Gasteiger partial charge in [-0.3, -0.25) is 5.32 Å². The third-order valence-electron chi connectivity index (χ3n) is 3.69. The standard InChI is InChI=1S/C18H35NO2.BrH/c1-3-5-6-7-8-9-10-11-12-13-14-15-16-19-17-21-18(20)4-2;/h4,19H,2-3,5-17H2,1H3;1H. The van der Waals surface area contributed by atoms with Crippen LogP contribution < -0.4 is 5.32 Å². The molecule has 0 rings (SSSR count). The highest BCUT2D eigenvalue weighted by Crippen LogP contribution is 2.11. The molecule has 0 bridgehead atoms. The Balaban J connectivity index is 0. The summed E-state index contributed by atoms with van der Waals surface area (Å²) < 4.78 is 4.83. The van der Waals surface area contributed by atoms with Crippen molar-refractivity contribution < 1.29 is 9.53 Å². The molecule has 4 heteroatoms. The number of ether oxygens (including phenoxy) is 1. The van der Waals surface area contributed by atoms with Crippen molar-refractivity contribution in [2.24, 2.45) is 0 Å². The minimum absolute atomic E-state index is 0. The van der Waals surface area contributed by atoms with Crippen molar-refractivity contribution in [1.82, 2.24) is 5.32 Å². The van der Waals surface area contributed by atoms with Crippen molar-refractivity contribution >= 4 is 23.0 Å². The van der Waals surface area contributed by atoms with E-state index in [1.165, 1.54) is 76.7 Å². The Labute approximate surface area is 148 Å². The number of carbonyl (C=O) groups is 1. The zero-order valence-electron chi connectivity index (χ0n) is 14.4. The molecule has 0 aliphatic carbocycles. The minimum Gasteiger partial charge on any atom is -0.447 e. The van der Waals surface area contributed by atoms with Gasteiger partial charge in [-0.1, -0.05) is 84.1 Å². The predicted molar refractivity (Wildman–Crippen MR) is 101 cm³/mol. The molecule has 0 heterocycles. The van der Waals surface area contributed by atoms with Crippen LogP contribution in [0.2, 0.25) is 0 Å². The normalized spacial score (nSPS) is 10.0. The summed E-state index contributed by atoms with van der Waals surface area (Å²) in [6.07, 6.45) is 17.5. The van der Waals surface area contributed by atoms with E-state index in [1.54, 1.807) is 0 Å². The molecule has 0 aliphatic heterocycles. The zero-order valence-corrected chi connectivity index (χ0v) is 16.1. The molecular weight excluding hydrogens is 342 g/mol. The van der Waals surface area contributed by atoms with Gasteiger partial charge in [-0.25, -0.2) is 4.79 Å². The maximum Gasteiger partial charge on any atom is 0.331 e. The number of rotatable bonds is 16. The van der Waals surface area contributed by atoms with E-state index in [2.05, 4.69) is 18.8 Å². The summed E-state index contributed by atoms with van der Waals surface area (Å²) in [7, 11) is 0. The lowest BCUT2D eigenvalue weighted by molar-refractivity contribution is -0.138. The monoisotopic (exact) mass is 377 g/mol. The highest BCUT2D eigenvalue weighted by molar-refractivity contribution is 8.93. The van der Waals surface area contributed by atoms with Crippen molar-refractivity contribution in [3.63, 3.8) is 0 Å².